The average Bonchev–Trinajstić information content (AvgIpc) is 2.02. The average molecular weight is 252 g/mol. The molecule has 15 heavy (non-hydrogen) atoms. The Morgan fingerprint density at radius 3 is 2.13 bits per heavy atom. The van der Waals surface area contributed by atoms with Crippen molar-refractivity contribution in [2.45, 2.75) is 11.8 Å². The number of carboxylic acid groups (broad SMARTS) is 1. The van der Waals surface area contributed by atoms with E-state index in [4.69, 9.17) is 0 Å². The number of carboxylic acids is 1. The van der Waals surface area contributed by atoms with E-state index in [1.165, 1.54) is 12.1 Å². The molecule has 4 nitrogen and oxygen atoms in total. The molecule has 0 radical (unpaired) electrons. The summed E-state index contributed by atoms with van der Waals surface area (Å²) in [5.74, 6) is -2.57. The van der Waals surface area contributed by atoms with Gasteiger partial charge in [0, 0.05) is 0 Å². The molecule has 76 valence electrons. The van der Waals surface area contributed by atoms with Gasteiger partial charge in [-0.25, -0.2) is 8.42 Å². The first-order valence-corrected chi connectivity index (χ1v) is 5.56. The Balaban J connectivity index is 0.00000196. The fraction of sp³-hybridized carbons (Fsp3) is 0.222. The molecule has 1 aromatic carbocycles. The number of carbonyl (C=O) groups excluding carboxylic acids is 1. The Kier molecular flexibility index (Phi) is 6.23. The Hall–Kier alpha value is 0.276. The molecule has 0 saturated carbocycles. The second-order valence-corrected chi connectivity index (χ2v) is 4.93. The third-order valence-electron chi connectivity index (χ3n) is 1.69. The third kappa shape index (κ3) is 4.75. The minimum absolute atomic E-state index is 0. The van der Waals surface area contributed by atoms with E-state index in [0.29, 0.717) is 0 Å². The van der Waals surface area contributed by atoms with Crippen LogP contribution in [0.15, 0.2) is 29.2 Å². The van der Waals surface area contributed by atoms with E-state index in [1.54, 1.807) is 12.1 Å². The Morgan fingerprint density at radius 2 is 1.73 bits per heavy atom. The van der Waals surface area contributed by atoms with E-state index >= 15 is 0 Å². The van der Waals surface area contributed by atoms with Crippen molar-refractivity contribution in [2.24, 2.45) is 0 Å². The minimum atomic E-state index is -3.74. The molecule has 0 aliphatic carbocycles. The van der Waals surface area contributed by atoms with Gasteiger partial charge in [-0.1, -0.05) is 17.7 Å². The van der Waals surface area contributed by atoms with Gasteiger partial charge in [0.25, 0.3) is 0 Å². The Labute approximate surface area is 131 Å². The van der Waals surface area contributed by atoms with Crippen molar-refractivity contribution in [3.05, 3.63) is 29.8 Å². The zero-order chi connectivity index (χ0) is 10.8. The van der Waals surface area contributed by atoms with Gasteiger partial charge in [0.15, 0.2) is 9.84 Å². The van der Waals surface area contributed by atoms with E-state index in [0.717, 1.165) is 5.56 Å². The minimum Gasteiger partial charge on any atom is -0.549 e. The zero-order valence-electron chi connectivity index (χ0n) is 8.56. The standard InChI is InChI=1S/C9H10O4S.K/c1-7-2-4-8(5-3-7)14(12,13)6-9(10)11;/h2-5H,6H2,1H3,(H,10,11);/q;+1/p-1. The van der Waals surface area contributed by atoms with Gasteiger partial charge in [-0.2, -0.15) is 0 Å². The van der Waals surface area contributed by atoms with Crippen molar-refractivity contribution in [2.75, 3.05) is 5.75 Å². The second kappa shape index (κ2) is 6.12. The first-order chi connectivity index (χ1) is 6.42. The molecule has 0 aliphatic heterocycles. The van der Waals surface area contributed by atoms with Crippen LogP contribution < -0.4 is 56.5 Å². The normalized spacial score (nSPS) is 10.5. The molecule has 0 saturated heterocycles. The molecule has 1 rings (SSSR count). The molecule has 6 heteroatoms. The molecular weight excluding hydrogens is 243 g/mol. The monoisotopic (exact) mass is 252 g/mol. The number of rotatable bonds is 3. The molecule has 0 atom stereocenters. The van der Waals surface area contributed by atoms with Crippen LogP contribution in [0, 0.1) is 6.92 Å². The van der Waals surface area contributed by atoms with Crippen molar-refractivity contribution >= 4 is 15.8 Å². The zero-order valence-corrected chi connectivity index (χ0v) is 12.5. The predicted molar refractivity (Wildman–Crippen MR) is 48.2 cm³/mol. The van der Waals surface area contributed by atoms with Crippen LogP contribution in [0.1, 0.15) is 5.56 Å². The molecule has 1 aromatic rings. The second-order valence-electron chi connectivity index (χ2n) is 2.94. The van der Waals surface area contributed by atoms with Gasteiger partial charge in [-0.3, -0.25) is 0 Å². The van der Waals surface area contributed by atoms with Crippen molar-refractivity contribution in [3.8, 4) is 0 Å². The van der Waals surface area contributed by atoms with Crippen LogP contribution in [0.3, 0.4) is 0 Å². The quantitative estimate of drug-likeness (QED) is 0.524. The van der Waals surface area contributed by atoms with Crippen LogP contribution >= 0.6 is 0 Å². The summed E-state index contributed by atoms with van der Waals surface area (Å²) in [6.07, 6.45) is 0. The van der Waals surface area contributed by atoms with Gasteiger partial charge < -0.3 is 9.90 Å². The number of carbonyl (C=O) groups is 1. The van der Waals surface area contributed by atoms with E-state index in [-0.39, 0.29) is 56.3 Å². The number of aliphatic carboxylic acids is 1. The van der Waals surface area contributed by atoms with Crippen molar-refractivity contribution in [1.29, 1.82) is 0 Å². The largest absolute Gasteiger partial charge is 1.00 e. The molecule has 0 fully saturated rings. The number of aryl methyl sites for hydroxylation is 1. The van der Waals surface area contributed by atoms with Crippen molar-refractivity contribution < 1.29 is 69.7 Å². The maximum atomic E-state index is 11.3. The van der Waals surface area contributed by atoms with E-state index in [9.17, 15) is 18.3 Å². The van der Waals surface area contributed by atoms with E-state index in [1.807, 2.05) is 6.92 Å². The fourth-order valence-electron chi connectivity index (χ4n) is 0.984. The maximum absolute atomic E-state index is 11.3. The van der Waals surface area contributed by atoms with Gasteiger partial charge in [0.2, 0.25) is 0 Å². The van der Waals surface area contributed by atoms with Gasteiger partial charge >= 0.3 is 51.4 Å². The third-order valence-corrected chi connectivity index (χ3v) is 3.29. The number of sulfone groups is 1. The van der Waals surface area contributed by atoms with Gasteiger partial charge in [-0.05, 0) is 19.1 Å². The first kappa shape index (κ1) is 15.3. The molecule has 0 aromatic heterocycles. The predicted octanol–water partition coefficient (Wildman–Crippen LogP) is -3.48. The SMILES string of the molecule is Cc1ccc(S(=O)(=O)CC(=O)[O-])cc1.[K+]. The Morgan fingerprint density at radius 1 is 1.27 bits per heavy atom. The summed E-state index contributed by atoms with van der Waals surface area (Å²) in [5, 5.41) is 10.2. The van der Waals surface area contributed by atoms with Gasteiger partial charge in [0.1, 0.15) is 0 Å². The summed E-state index contributed by atoms with van der Waals surface area (Å²) in [7, 11) is -3.74. The molecule has 0 bridgehead atoms. The van der Waals surface area contributed by atoms with Crippen LogP contribution in [0.2, 0.25) is 0 Å². The molecule has 0 heterocycles. The summed E-state index contributed by atoms with van der Waals surface area (Å²) >= 11 is 0. The molecule has 0 unspecified atom stereocenters. The molecule has 0 amide bonds. The summed E-state index contributed by atoms with van der Waals surface area (Å²) in [6.45, 7) is 1.81. The topological polar surface area (TPSA) is 74.3 Å². The number of benzene rings is 1. The van der Waals surface area contributed by atoms with Crippen LogP contribution in [-0.2, 0) is 14.6 Å². The maximum Gasteiger partial charge on any atom is 1.00 e. The van der Waals surface area contributed by atoms with Crippen LogP contribution in [-0.4, -0.2) is 20.1 Å². The molecule has 0 aliphatic rings. The molecule has 0 N–H and O–H groups in total. The van der Waals surface area contributed by atoms with E-state index in [2.05, 4.69) is 0 Å². The first-order valence-electron chi connectivity index (χ1n) is 3.91. The van der Waals surface area contributed by atoms with E-state index < -0.39 is 21.6 Å². The van der Waals surface area contributed by atoms with Crippen LogP contribution in [0.4, 0.5) is 0 Å². The number of hydrogen-bond acceptors (Lipinski definition) is 4. The van der Waals surface area contributed by atoms with Crippen molar-refractivity contribution in [1.82, 2.24) is 0 Å². The molecule has 0 spiro atoms. The van der Waals surface area contributed by atoms with Gasteiger partial charge in [0.05, 0.1) is 16.6 Å². The summed E-state index contributed by atoms with van der Waals surface area (Å²) < 4.78 is 22.7. The van der Waals surface area contributed by atoms with Crippen LogP contribution in [0.5, 0.6) is 0 Å². The number of hydrogen-bond donors (Lipinski definition) is 0. The smallest absolute Gasteiger partial charge is 0.549 e. The van der Waals surface area contributed by atoms with Crippen molar-refractivity contribution in [3.63, 3.8) is 0 Å². The Bertz CT molecular complexity index is 436. The summed E-state index contributed by atoms with van der Waals surface area (Å²) in [5.41, 5.74) is 0.914. The molecular formula is C9H9KO4S. The van der Waals surface area contributed by atoms with Crippen LogP contribution in [0.25, 0.3) is 0 Å². The van der Waals surface area contributed by atoms with Gasteiger partial charge in [-0.15, -0.1) is 0 Å². The summed E-state index contributed by atoms with van der Waals surface area (Å²) in [4.78, 5) is 10.2. The fourth-order valence-corrected chi connectivity index (χ4v) is 2.01. The summed E-state index contributed by atoms with van der Waals surface area (Å²) in [6, 6.07) is 5.99.